The normalized spacial score (nSPS) is 12.7. The second kappa shape index (κ2) is 6.80. The summed E-state index contributed by atoms with van der Waals surface area (Å²) in [6.07, 6.45) is 0. The first-order chi connectivity index (χ1) is 9.64. The third-order valence-corrected chi connectivity index (χ3v) is 3.16. The van der Waals surface area contributed by atoms with Crippen molar-refractivity contribution < 1.29 is 14.6 Å². The predicted molar refractivity (Wildman–Crippen MR) is 83.6 cm³/mol. The van der Waals surface area contributed by atoms with Gasteiger partial charge in [0.15, 0.2) is 0 Å². The van der Waals surface area contributed by atoms with E-state index in [0.29, 0.717) is 0 Å². The maximum absolute atomic E-state index is 12.2. The number of urea groups is 1. The van der Waals surface area contributed by atoms with Gasteiger partial charge >= 0.3 is 6.03 Å². The van der Waals surface area contributed by atoms with Crippen LogP contribution in [-0.2, 0) is 0 Å². The van der Waals surface area contributed by atoms with Gasteiger partial charge in [0.25, 0.3) is 0 Å². The molecule has 1 aromatic rings. The summed E-state index contributed by atoms with van der Waals surface area (Å²) in [6, 6.07) is 5.45. The number of rotatable bonds is 5. The zero-order chi connectivity index (χ0) is 16.2. The third-order valence-electron chi connectivity index (χ3n) is 3.16. The molecule has 0 heterocycles. The second-order valence-corrected chi connectivity index (χ2v) is 6.09. The summed E-state index contributed by atoms with van der Waals surface area (Å²) in [6.45, 7) is 7.51. The molecule has 0 saturated heterocycles. The van der Waals surface area contributed by atoms with Crippen LogP contribution in [0.4, 0.5) is 4.79 Å². The highest BCUT2D eigenvalue weighted by atomic mass is 16.5. The van der Waals surface area contributed by atoms with Gasteiger partial charge in [0.1, 0.15) is 5.75 Å². The fourth-order valence-electron chi connectivity index (χ4n) is 2.22. The monoisotopic (exact) mass is 294 g/mol. The van der Waals surface area contributed by atoms with E-state index in [1.165, 1.54) is 4.90 Å². The molecule has 0 aliphatic heterocycles. The molecule has 5 nitrogen and oxygen atoms in total. The van der Waals surface area contributed by atoms with Crippen LogP contribution in [0.5, 0.6) is 5.75 Å². The van der Waals surface area contributed by atoms with Crippen molar-refractivity contribution in [3.8, 4) is 5.75 Å². The van der Waals surface area contributed by atoms with E-state index in [1.807, 2.05) is 32.0 Å². The molecule has 2 N–H and O–H groups in total. The maximum atomic E-state index is 12.2. The molecule has 0 fully saturated rings. The standard InChI is InChI=1S/C16H26N2O3/c1-11-7-8-14(21-6)13(9-11)12(2)17-15(19)18(5)10-16(3,4)20/h7-9,12,20H,10H2,1-6H3,(H,17,19). The highest BCUT2D eigenvalue weighted by molar-refractivity contribution is 5.74. The zero-order valence-electron chi connectivity index (χ0n) is 13.7. The van der Waals surface area contributed by atoms with Crippen LogP contribution in [-0.4, -0.2) is 42.3 Å². The van der Waals surface area contributed by atoms with E-state index in [4.69, 9.17) is 4.74 Å². The molecule has 0 aromatic heterocycles. The van der Waals surface area contributed by atoms with E-state index in [1.54, 1.807) is 28.0 Å². The lowest BCUT2D eigenvalue weighted by atomic mass is 10.0. The molecule has 1 rings (SSSR count). The van der Waals surface area contributed by atoms with Crippen molar-refractivity contribution in [2.45, 2.75) is 39.3 Å². The number of nitrogens with one attached hydrogen (secondary N) is 1. The van der Waals surface area contributed by atoms with Crippen LogP contribution in [0.15, 0.2) is 18.2 Å². The second-order valence-electron chi connectivity index (χ2n) is 6.09. The van der Waals surface area contributed by atoms with Crippen molar-refractivity contribution in [3.05, 3.63) is 29.3 Å². The largest absolute Gasteiger partial charge is 0.496 e. The summed E-state index contributed by atoms with van der Waals surface area (Å²) in [7, 11) is 3.27. The molecule has 0 aliphatic carbocycles. The molecule has 5 heteroatoms. The zero-order valence-corrected chi connectivity index (χ0v) is 13.7. The van der Waals surface area contributed by atoms with Gasteiger partial charge in [-0.05, 0) is 33.8 Å². The van der Waals surface area contributed by atoms with E-state index < -0.39 is 5.60 Å². The van der Waals surface area contributed by atoms with Crippen LogP contribution >= 0.6 is 0 Å². The summed E-state index contributed by atoms with van der Waals surface area (Å²) in [4.78, 5) is 13.6. The lowest BCUT2D eigenvalue weighted by molar-refractivity contribution is 0.0528. The quantitative estimate of drug-likeness (QED) is 0.877. The molecule has 0 radical (unpaired) electrons. The van der Waals surface area contributed by atoms with E-state index in [0.717, 1.165) is 16.9 Å². The lowest BCUT2D eigenvalue weighted by Crippen LogP contribution is -2.45. The fourth-order valence-corrected chi connectivity index (χ4v) is 2.22. The lowest BCUT2D eigenvalue weighted by Gasteiger charge is -2.27. The van der Waals surface area contributed by atoms with Gasteiger partial charge in [-0.2, -0.15) is 0 Å². The smallest absolute Gasteiger partial charge is 0.317 e. The Kier molecular flexibility index (Phi) is 5.61. The molecule has 1 unspecified atom stereocenters. The predicted octanol–water partition coefficient (Wildman–Crippen LogP) is 2.48. The highest BCUT2D eigenvalue weighted by Crippen LogP contribution is 2.26. The molecule has 2 amide bonds. The molecule has 0 spiro atoms. The summed E-state index contributed by atoms with van der Waals surface area (Å²) in [5, 5.41) is 12.7. The van der Waals surface area contributed by atoms with Crippen molar-refractivity contribution in [2.75, 3.05) is 20.7 Å². The van der Waals surface area contributed by atoms with Gasteiger partial charge in [0.2, 0.25) is 0 Å². The Labute approximate surface area is 126 Å². The molecule has 0 saturated carbocycles. The van der Waals surface area contributed by atoms with Crippen LogP contribution in [0.3, 0.4) is 0 Å². The summed E-state index contributed by atoms with van der Waals surface area (Å²) in [5.74, 6) is 0.749. The minimum atomic E-state index is -0.920. The molecular formula is C16H26N2O3. The van der Waals surface area contributed by atoms with Crippen molar-refractivity contribution >= 4 is 6.03 Å². The van der Waals surface area contributed by atoms with Crippen LogP contribution in [0.2, 0.25) is 0 Å². The topological polar surface area (TPSA) is 61.8 Å². The highest BCUT2D eigenvalue weighted by Gasteiger charge is 2.21. The van der Waals surface area contributed by atoms with Crippen molar-refractivity contribution in [1.29, 1.82) is 0 Å². The molecule has 118 valence electrons. The van der Waals surface area contributed by atoms with Crippen LogP contribution < -0.4 is 10.1 Å². The number of likely N-dealkylation sites (N-methyl/N-ethyl adjacent to an activating group) is 1. The number of hydrogen-bond donors (Lipinski definition) is 2. The van der Waals surface area contributed by atoms with Gasteiger partial charge in [-0.25, -0.2) is 4.79 Å². The number of nitrogens with zero attached hydrogens (tertiary/aromatic N) is 1. The summed E-state index contributed by atoms with van der Waals surface area (Å²) in [5.41, 5.74) is 1.12. The number of amides is 2. The van der Waals surface area contributed by atoms with E-state index in [9.17, 15) is 9.90 Å². The average Bonchev–Trinajstić information content (AvgIpc) is 2.36. The number of methoxy groups -OCH3 is 1. The van der Waals surface area contributed by atoms with Gasteiger partial charge in [0, 0.05) is 12.6 Å². The Morgan fingerprint density at radius 1 is 1.48 bits per heavy atom. The fraction of sp³-hybridized carbons (Fsp3) is 0.562. The average molecular weight is 294 g/mol. The summed E-state index contributed by atoms with van der Waals surface area (Å²) < 4.78 is 5.34. The Morgan fingerprint density at radius 2 is 2.10 bits per heavy atom. The SMILES string of the molecule is COc1ccc(C)cc1C(C)NC(=O)N(C)CC(C)(C)O. The van der Waals surface area contributed by atoms with E-state index >= 15 is 0 Å². The Morgan fingerprint density at radius 3 is 2.62 bits per heavy atom. The van der Waals surface area contributed by atoms with Gasteiger partial charge < -0.3 is 20.1 Å². The molecule has 0 bridgehead atoms. The molecule has 1 aromatic carbocycles. The molecular weight excluding hydrogens is 268 g/mol. The Balaban J connectivity index is 2.79. The van der Waals surface area contributed by atoms with Gasteiger partial charge in [-0.3, -0.25) is 0 Å². The first kappa shape index (κ1) is 17.3. The van der Waals surface area contributed by atoms with Crippen LogP contribution in [0, 0.1) is 6.92 Å². The van der Waals surface area contributed by atoms with E-state index in [2.05, 4.69) is 5.32 Å². The molecule has 0 aliphatic rings. The van der Waals surface area contributed by atoms with Gasteiger partial charge in [0.05, 0.1) is 25.3 Å². The number of aliphatic hydroxyl groups is 1. The van der Waals surface area contributed by atoms with E-state index in [-0.39, 0.29) is 18.6 Å². The number of ether oxygens (including phenoxy) is 1. The third kappa shape index (κ3) is 5.27. The number of aryl methyl sites for hydroxylation is 1. The Hall–Kier alpha value is -1.75. The Bertz CT molecular complexity index is 495. The van der Waals surface area contributed by atoms with Crippen molar-refractivity contribution in [1.82, 2.24) is 10.2 Å². The first-order valence-corrected chi connectivity index (χ1v) is 7.02. The number of carbonyl (C=O) groups excluding carboxylic acids is 1. The van der Waals surface area contributed by atoms with Crippen LogP contribution in [0.25, 0.3) is 0 Å². The minimum absolute atomic E-state index is 0.184. The molecule has 21 heavy (non-hydrogen) atoms. The number of hydrogen-bond acceptors (Lipinski definition) is 3. The van der Waals surface area contributed by atoms with Crippen molar-refractivity contribution in [3.63, 3.8) is 0 Å². The van der Waals surface area contributed by atoms with Gasteiger partial charge in [-0.1, -0.05) is 17.7 Å². The van der Waals surface area contributed by atoms with Crippen molar-refractivity contribution in [2.24, 2.45) is 0 Å². The minimum Gasteiger partial charge on any atom is -0.496 e. The maximum Gasteiger partial charge on any atom is 0.317 e. The van der Waals surface area contributed by atoms with Gasteiger partial charge in [-0.15, -0.1) is 0 Å². The number of benzene rings is 1. The molecule has 1 atom stereocenters. The first-order valence-electron chi connectivity index (χ1n) is 7.02. The van der Waals surface area contributed by atoms with Crippen LogP contribution in [0.1, 0.15) is 37.9 Å². The number of carbonyl (C=O) groups is 1. The summed E-state index contributed by atoms with van der Waals surface area (Å²) >= 11 is 0.